The highest BCUT2D eigenvalue weighted by atomic mass is 79.9. The zero-order valence-corrected chi connectivity index (χ0v) is 14.2. The van der Waals surface area contributed by atoms with Crippen molar-refractivity contribution in [3.8, 4) is 0 Å². The minimum Gasteiger partial charge on any atom is -0.313 e. The maximum atomic E-state index is 12.8. The molecule has 1 saturated carbocycles. The van der Waals surface area contributed by atoms with Crippen LogP contribution in [0.3, 0.4) is 0 Å². The molecule has 0 aliphatic heterocycles. The molecule has 3 atom stereocenters. The van der Waals surface area contributed by atoms with Gasteiger partial charge in [0, 0.05) is 15.4 Å². The van der Waals surface area contributed by atoms with Gasteiger partial charge in [0.25, 0.3) is 0 Å². The Balaban J connectivity index is 2.23. The highest BCUT2D eigenvalue weighted by Gasteiger charge is 2.44. The molecule has 1 aromatic rings. The Hall–Kier alpha value is -0.190. The Morgan fingerprint density at radius 3 is 2.84 bits per heavy atom. The number of hydrogen-bond acceptors (Lipinski definition) is 2. The molecule has 106 valence electrons. The van der Waals surface area contributed by atoms with Crippen molar-refractivity contribution >= 4 is 26.7 Å². The van der Waals surface area contributed by atoms with Gasteiger partial charge in [-0.3, -0.25) is 4.21 Å². The summed E-state index contributed by atoms with van der Waals surface area (Å²) in [6, 6.07) is 8.21. The van der Waals surface area contributed by atoms with Gasteiger partial charge in [0.2, 0.25) is 0 Å². The summed E-state index contributed by atoms with van der Waals surface area (Å²) in [4.78, 5) is 0.931. The van der Waals surface area contributed by atoms with Crippen molar-refractivity contribution in [3.05, 3.63) is 28.7 Å². The molecule has 1 aliphatic carbocycles. The fraction of sp³-hybridized carbons (Fsp3) is 0.600. The van der Waals surface area contributed by atoms with Crippen molar-refractivity contribution in [1.29, 1.82) is 0 Å². The van der Waals surface area contributed by atoms with Gasteiger partial charge in [-0.1, -0.05) is 42.8 Å². The molecular formula is C15H22BrNOS. The summed E-state index contributed by atoms with van der Waals surface area (Å²) in [6.45, 7) is 7.60. The lowest BCUT2D eigenvalue weighted by Gasteiger charge is -2.31. The molecule has 0 heterocycles. The van der Waals surface area contributed by atoms with E-state index in [0.29, 0.717) is 6.04 Å². The zero-order valence-electron chi connectivity index (χ0n) is 11.8. The van der Waals surface area contributed by atoms with Gasteiger partial charge in [-0.2, -0.15) is 0 Å². The standard InChI is InChI=1S/C15H22BrNOS/c1-4-17-14-13(8-9-15(14,2)3)19(18)12-7-5-6-11(16)10-12/h5-7,10,13-14,17H,4,8-9H2,1-3H3. The first-order chi connectivity index (χ1) is 8.95. The van der Waals surface area contributed by atoms with E-state index in [9.17, 15) is 4.21 Å². The smallest absolute Gasteiger partial charge is 0.0577 e. The summed E-state index contributed by atoms with van der Waals surface area (Å²) in [5, 5.41) is 3.76. The van der Waals surface area contributed by atoms with Crippen LogP contribution in [0.15, 0.2) is 33.6 Å². The van der Waals surface area contributed by atoms with Crippen LogP contribution in [0, 0.1) is 5.41 Å². The quantitative estimate of drug-likeness (QED) is 0.902. The molecule has 1 N–H and O–H groups in total. The molecule has 1 aliphatic rings. The fourth-order valence-corrected chi connectivity index (χ4v) is 5.36. The Kier molecular flexibility index (Phi) is 4.85. The fourth-order valence-electron chi connectivity index (χ4n) is 2.96. The first-order valence-corrected chi connectivity index (χ1v) is 8.86. The van der Waals surface area contributed by atoms with Crippen molar-refractivity contribution in [2.75, 3.05) is 6.54 Å². The summed E-state index contributed by atoms with van der Waals surface area (Å²) in [6.07, 6.45) is 2.17. The first kappa shape index (κ1) is 15.2. The van der Waals surface area contributed by atoms with Crippen molar-refractivity contribution in [3.63, 3.8) is 0 Å². The van der Waals surface area contributed by atoms with E-state index >= 15 is 0 Å². The van der Waals surface area contributed by atoms with Gasteiger partial charge in [0.05, 0.1) is 16.0 Å². The van der Waals surface area contributed by atoms with E-state index in [-0.39, 0.29) is 10.7 Å². The molecule has 0 aromatic heterocycles. The topological polar surface area (TPSA) is 29.1 Å². The van der Waals surface area contributed by atoms with E-state index in [4.69, 9.17) is 0 Å². The Morgan fingerprint density at radius 1 is 1.47 bits per heavy atom. The predicted molar refractivity (Wildman–Crippen MR) is 84.8 cm³/mol. The van der Waals surface area contributed by atoms with Crippen LogP contribution in [0.4, 0.5) is 0 Å². The van der Waals surface area contributed by atoms with E-state index in [0.717, 1.165) is 28.8 Å². The third-order valence-electron chi connectivity index (χ3n) is 4.01. The van der Waals surface area contributed by atoms with Crippen LogP contribution in [-0.4, -0.2) is 22.0 Å². The second-order valence-corrected chi connectivity index (χ2v) is 8.44. The number of rotatable bonds is 4. The van der Waals surface area contributed by atoms with E-state index in [1.165, 1.54) is 0 Å². The number of nitrogens with one attached hydrogen (secondary N) is 1. The van der Waals surface area contributed by atoms with Gasteiger partial charge in [0.15, 0.2) is 0 Å². The molecular weight excluding hydrogens is 322 g/mol. The lowest BCUT2D eigenvalue weighted by Crippen LogP contribution is -2.46. The summed E-state index contributed by atoms with van der Waals surface area (Å²) in [5.41, 5.74) is 0.225. The van der Waals surface area contributed by atoms with Gasteiger partial charge >= 0.3 is 0 Å². The first-order valence-electron chi connectivity index (χ1n) is 6.85. The van der Waals surface area contributed by atoms with Crippen LogP contribution in [0.25, 0.3) is 0 Å². The minimum absolute atomic E-state index is 0.212. The number of halogens is 1. The second kappa shape index (κ2) is 6.06. The molecule has 4 heteroatoms. The Bertz CT molecular complexity index is 475. The second-order valence-electron chi connectivity index (χ2n) is 5.86. The van der Waals surface area contributed by atoms with Crippen molar-refractivity contribution in [2.24, 2.45) is 5.41 Å². The molecule has 1 aromatic carbocycles. The van der Waals surface area contributed by atoms with Crippen LogP contribution in [-0.2, 0) is 10.8 Å². The van der Waals surface area contributed by atoms with Gasteiger partial charge < -0.3 is 5.32 Å². The molecule has 0 spiro atoms. The molecule has 0 saturated heterocycles. The maximum Gasteiger partial charge on any atom is 0.0577 e. The van der Waals surface area contributed by atoms with Gasteiger partial charge in [-0.25, -0.2) is 0 Å². The van der Waals surface area contributed by atoms with Gasteiger partial charge in [-0.05, 0) is 43.0 Å². The third-order valence-corrected chi connectivity index (χ3v) is 6.28. The lowest BCUT2D eigenvalue weighted by molar-refractivity contribution is 0.289. The summed E-state index contributed by atoms with van der Waals surface area (Å²) in [7, 11) is -0.940. The van der Waals surface area contributed by atoms with Crippen molar-refractivity contribution in [2.45, 2.75) is 49.8 Å². The van der Waals surface area contributed by atoms with Gasteiger partial charge in [-0.15, -0.1) is 0 Å². The highest BCUT2D eigenvalue weighted by Crippen LogP contribution is 2.41. The van der Waals surface area contributed by atoms with Crippen LogP contribution >= 0.6 is 15.9 Å². The van der Waals surface area contributed by atoms with Crippen molar-refractivity contribution < 1.29 is 4.21 Å². The molecule has 1 fully saturated rings. The molecule has 0 radical (unpaired) electrons. The zero-order chi connectivity index (χ0) is 14.0. The summed E-state index contributed by atoms with van der Waals surface area (Å²) < 4.78 is 13.8. The van der Waals surface area contributed by atoms with Gasteiger partial charge in [0.1, 0.15) is 0 Å². The number of hydrogen-bond donors (Lipinski definition) is 1. The lowest BCUT2D eigenvalue weighted by atomic mass is 9.87. The Labute approximate surface area is 127 Å². The molecule has 3 unspecified atom stereocenters. The highest BCUT2D eigenvalue weighted by molar-refractivity contribution is 9.10. The van der Waals surface area contributed by atoms with Crippen LogP contribution in [0.5, 0.6) is 0 Å². The molecule has 2 nitrogen and oxygen atoms in total. The van der Waals surface area contributed by atoms with Crippen LogP contribution in [0.2, 0.25) is 0 Å². The summed E-state index contributed by atoms with van der Waals surface area (Å²) >= 11 is 3.46. The van der Waals surface area contributed by atoms with E-state index < -0.39 is 10.8 Å². The van der Waals surface area contributed by atoms with E-state index in [1.54, 1.807) is 0 Å². The minimum atomic E-state index is -0.940. The average Bonchev–Trinajstić information content (AvgIpc) is 2.65. The molecule has 19 heavy (non-hydrogen) atoms. The average molecular weight is 344 g/mol. The maximum absolute atomic E-state index is 12.8. The third kappa shape index (κ3) is 3.29. The normalized spacial score (nSPS) is 27.4. The van der Waals surface area contributed by atoms with E-state index in [2.05, 4.69) is 42.0 Å². The van der Waals surface area contributed by atoms with Crippen LogP contribution < -0.4 is 5.32 Å². The monoisotopic (exact) mass is 343 g/mol. The van der Waals surface area contributed by atoms with Crippen LogP contribution in [0.1, 0.15) is 33.6 Å². The molecule has 0 bridgehead atoms. The Morgan fingerprint density at radius 2 is 2.21 bits per heavy atom. The van der Waals surface area contributed by atoms with Crippen molar-refractivity contribution in [1.82, 2.24) is 5.32 Å². The number of benzene rings is 1. The molecule has 0 amide bonds. The SMILES string of the molecule is CCNC1C(S(=O)c2cccc(Br)c2)CCC1(C)C. The summed E-state index contributed by atoms with van der Waals surface area (Å²) in [5.74, 6) is 0. The predicted octanol–water partition coefficient (Wildman–Crippen LogP) is 3.72. The largest absolute Gasteiger partial charge is 0.313 e. The molecule has 2 rings (SSSR count). The van der Waals surface area contributed by atoms with E-state index in [1.807, 2.05) is 24.3 Å².